The lowest BCUT2D eigenvalue weighted by atomic mass is 9.99. The second-order valence-electron chi connectivity index (χ2n) is 6.67. The maximum absolute atomic E-state index is 4.89. The van der Waals surface area contributed by atoms with E-state index in [0.29, 0.717) is 5.92 Å². The monoisotopic (exact) mass is 365 g/mol. The van der Waals surface area contributed by atoms with E-state index < -0.39 is 0 Å². The van der Waals surface area contributed by atoms with Crippen LogP contribution in [-0.2, 0) is 6.54 Å². The van der Waals surface area contributed by atoms with Crippen LogP contribution in [0.15, 0.2) is 48.5 Å². The van der Waals surface area contributed by atoms with Crippen molar-refractivity contribution in [3.8, 4) is 0 Å². The molecule has 0 radical (unpaired) electrons. The molecule has 4 aromatic rings. The highest BCUT2D eigenvalue weighted by molar-refractivity contribution is 7.18. The summed E-state index contributed by atoms with van der Waals surface area (Å²) >= 11 is 3.69. The number of hydrogen-bond donors (Lipinski definition) is 0. The summed E-state index contributed by atoms with van der Waals surface area (Å²) in [5.74, 6) is 0.556. The first kappa shape index (κ1) is 15.4. The summed E-state index contributed by atoms with van der Waals surface area (Å²) in [6.45, 7) is 3.22. The Balaban J connectivity index is 1.35. The summed E-state index contributed by atoms with van der Waals surface area (Å²) in [7, 11) is 0. The molecule has 1 aliphatic rings. The Labute approximate surface area is 155 Å². The van der Waals surface area contributed by atoms with Gasteiger partial charge in [0.25, 0.3) is 0 Å². The maximum atomic E-state index is 4.89. The molecule has 5 heteroatoms. The summed E-state index contributed by atoms with van der Waals surface area (Å²) in [5.41, 5.74) is 2.27. The topological polar surface area (TPSA) is 29.0 Å². The third-order valence-corrected chi connectivity index (χ3v) is 7.08. The molecule has 1 aliphatic heterocycles. The van der Waals surface area contributed by atoms with Gasteiger partial charge in [-0.25, -0.2) is 9.97 Å². The van der Waals surface area contributed by atoms with Crippen LogP contribution in [0.1, 0.15) is 28.8 Å². The second-order valence-corrected chi connectivity index (χ2v) is 8.85. The summed E-state index contributed by atoms with van der Waals surface area (Å²) in [6, 6.07) is 16.9. The van der Waals surface area contributed by atoms with E-state index in [-0.39, 0.29) is 0 Å². The zero-order valence-corrected chi connectivity index (χ0v) is 15.5. The molecule has 2 aromatic carbocycles. The molecule has 0 bridgehead atoms. The predicted octanol–water partition coefficient (Wildman–Crippen LogP) is 5.29. The first-order valence-corrected chi connectivity index (χ1v) is 10.4. The molecule has 0 N–H and O–H groups in total. The SMILES string of the molecule is c1ccc2sc(CN3CCC[C@H](c4nc5ccccc5s4)C3)nc2c1. The van der Waals surface area contributed by atoms with Gasteiger partial charge in [0, 0.05) is 12.5 Å². The van der Waals surface area contributed by atoms with E-state index in [1.54, 1.807) is 0 Å². The van der Waals surface area contributed by atoms with Crippen molar-refractivity contribution >= 4 is 43.1 Å². The number of thiazole rings is 2. The molecule has 126 valence electrons. The Morgan fingerprint density at radius 1 is 0.920 bits per heavy atom. The fourth-order valence-electron chi connectivity index (χ4n) is 3.64. The molecule has 5 rings (SSSR count). The smallest absolute Gasteiger partial charge is 0.108 e. The van der Waals surface area contributed by atoms with Gasteiger partial charge in [0.05, 0.1) is 32.0 Å². The number of piperidine rings is 1. The first-order chi connectivity index (χ1) is 12.3. The van der Waals surface area contributed by atoms with Crippen molar-refractivity contribution in [2.45, 2.75) is 25.3 Å². The van der Waals surface area contributed by atoms with Crippen molar-refractivity contribution in [2.24, 2.45) is 0 Å². The standard InChI is InChI=1S/C20H19N3S2/c1-3-9-17-15(7-1)21-19(24-17)13-23-11-5-6-14(12-23)20-22-16-8-2-4-10-18(16)25-20/h1-4,7-10,14H,5-6,11-13H2/t14-/m0/s1. The number of para-hydroxylation sites is 2. The first-order valence-electron chi connectivity index (χ1n) is 8.77. The Kier molecular flexibility index (Phi) is 4.00. The predicted molar refractivity (Wildman–Crippen MR) is 106 cm³/mol. The summed E-state index contributed by atoms with van der Waals surface area (Å²) in [4.78, 5) is 12.2. The fourth-order valence-corrected chi connectivity index (χ4v) is 5.75. The minimum atomic E-state index is 0.556. The number of fused-ring (bicyclic) bond motifs is 2. The zero-order valence-electron chi connectivity index (χ0n) is 13.9. The van der Waals surface area contributed by atoms with Crippen LogP contribution in [-0.4, -0.2) is 28.0 Å². The van der Waals surface area contributed by atoms with Crippen molar-refractivity contribution < 1.29 is 0 Å². The van der Waals surface area contributed by atoms with Gasteiger partial charge >= 0.3 is 0 Å². The number of aromatic nitrogens is 2. The third-order valence-electron chi connectivity index (χ3n) is 4.86. The molecule has 1 saturated heterocycles. The van der Waals surface area contributed by atoms with E-state index in [1.165, 1.54) is 32.3 Å². The van der Waals surface area contributed by atoms with E-state index in [1.807, 2.05) is 22.7 Å². The molecule has 0 aliphatic carbocycles. The lowest BCUT2D eigenvalue weighted by Crippen LogP contribution is -2.33. The van der Waals surface area contributed by atoms with Crippen LogP contribution in [0.25, 0.3) is 20.4 Å². The van der Waals surface area contributed by atoms with Crippen LogP contribution < -0.4 is 0 Å². The fraction of sp³-hybridized carbons (Fsp3) is 0.300. The minimum Gasteiger partial charge on any atom is -0.296 e. The lowest BCUT2D eigenvalue weighted by molar-refractivity contribution is 0.200. The Morgan fingerprint density at radius 3 is 2.40 bits per heavy atom. The molecule has 25 heavy (non-hydrogen) atoms. The van der Waals surface area contributed by atoms with Crippen LogP contribution in [0.4, 0.5) is 0 Å². The molecule has 3 nitrogen and oxygen atoms in total. The van der Waals surface area contributed by atoms with Gasteiger partial charge in [-0.15, -0.1) is 22.7 Å². The molecular formula is C20H19N3S2. The van der Waals surface area contributed by atoms with Gasteiger partial charge in [-0.3, -0.25) is 4.90 Å². The Morgan fingerprint density at radius 2 is 1.64 bits per heavy atom. The van der Waals surface area contributed by atoms with Gasteiger partial charge in [-0.1, -0.05) is 24.3 Å². The summed E-state index contributed by atoms with van der Waals surface area (Å²) < 4.78 is 2.60. The quantitative estimate of drug-likeness (QED) is 0.494. The summed E-state index contributed by atoms with van der Waals surface area (Å²) in [6.07, 6.45) is 2.49. The van der Waals surface area contributed by atoms with Crippen molar-refractivity contribution in [1.82, 2.24) is 14.9 Å². The molecular weight excluding hydrogens is 346 g/mol. The normalized spacial score (nSPS) is 19.0. The molecule has 1 atom stereocenters. The molecule has 0 spiro atoms. The van der Waals surface area contributed by atoms with Crippen molar-refractivity contribution in [1.29, 1.82) is 0 Å². The van der Waals surface area contributed by atoms with Gasteiger partial charge in [0.15, 0.2) is 0 Å². The van der Waals surface area contributed by atoms with Gasteiger partial charge in [0.2, 0.25) is 0 Å². The summed E-state index contributed by atoms with van der Waals surface area (Å²) in [5, 5.41) is 2.53. The number of benzene rings is 2. The van der Waals surface area contributed by atoms with Crippen LogP contribution in [0, 0.1) is 0 Å². The van der Waals surface area contributed by atoms with Crippen molar-refractivity contribution in [3.05, 3.63) is 58.5 Å². The average Bonchev–Trinajstić information content (AvgIpc) is 3.25. The van der Waals surface area contributed by atoms with Gasteiger partial charge in [-0.2, -0.15) is 0 Å². The highest BCUT2D eigenvalue weighted by atomic mass is 32.1. The average molecular weight is 366 g/mol. The molecule has 3 heterocycles. The third kappa shape index (κ3) is 3.08. The van der Waals surface area contributed by atoms with Crippen LogP contribution in [0.3, 0.4) is 0 Å². The molecule has 2 aromatic heterocycles. The van der Waals surface area contributed by atoms with E-state index in [0.717, 1.165) is 30.7 Å². The van der Waals surface area contributed by atoms with Crippen molar-refractivity contribution in [3.63, 3.8) is 0 Å². The highest BCUT2D eigenvalue weighted by Crippen LogP contribution is 2.33. The molecule has 0 amide bonds. The van der Waals surface area contributed by atoms with Crippen LogP contribution in [0.5, 0.6) is 0 Å². The Bertz CT molecular complexity index is 954. The largest absolute Gasteiger partial charge is 0.296 e. The van der Waals surface area contributed by atoms with Gasteiger partial charge in [-0.05, 0) is 43.7 Å². The minimum absolute atomic E-state index is 0.556. The van der Waals surface area contributed by atoms with Crippen LogP contribution in [0.2, 0.25) is 0 Å². The second kappa shape index (κ2) is 6.48. The van der Waals surface area contributed by atoms with E-state index >= 15 is 0 Å². The number of nitrogens with zero attached hydrogens (tertiary/aromatic N) is 3. The van der Waals surface area contributed by atoms with E-state index in [9.17, 15) is 0 Å². The molecule has 0 unspecified atom stereocenters. The highest BCUT2D eigenvalue weighted by Gasteiger charge is 2.24. The van der Waals surface area contributed by atoms with E-state index in [2.05, 4.69) is 53.4 Å². The number of likely N-dealkylation sites (tertiary alicyclic amines) is 1. The van der Waals surface area contributed by atoms with Gasteiger partial charge < -0.3 is 0 Å². The van der Waals surface area contributed by atoms with Crippen molar-refractivity contribution in [2.75, 3.05) is 13.1 Å². The molecule has 0 saturated carbocycles. The number of hydrogen-bond acceptors (Lipinski definition) is 5. The van der Waals surface area contributed by atoms with Gasteiger partial charge in [0.1, 0.15) is 5.01 Å². The number of rotatable bonds is 3. The lowest BCUT2D eigenvalue weighted by Gasteiger charge is -2.31. The van der Waals surface area contributed by atoms with E-state index in [4.69, 9.17) is 9.97 Å². The zero-order chi connectivity index (χ0) is 16.6. The molecule has 1 fully saturated rings. The Hall–Kier alpha value is -1.82. The van der Waals surface area contributed by atoms with Crippen LogP contribution >= 0.6 is 22.7 Å². The maximum Gasteiger partial charge on any atom is 0.108 e.